The van der Waals surface area contributed by atoms with Crippen LogP contribution in [-0.4, -0.2) is 20.9 Å². The van der Waals surface area contributed by atoms with Gasteiger partial charge in [-0.1, -0.05) is 17.7 Å². The fourth-order valence-electron chi connectivity index (χ4n) is 2.93. The van der Waals surface area contributed by atoms with Crippen molar-refractivity contribution in [1.29, 1.82) is 0 Å². The van der Waals surface area contributed by atoms with Gasteiger partial charge in [-0.2, -0.15) is 5.10 Å². The molecule has 0 saturated heterocycles. The van der Waals surface area contributed by atoms with Gasteiger partial charge in [-0.25, -0.2) is 4.68 Å². The lowest BCUT2D eigenvalue weighted by atomic mass is 9.99. The fraction of sp³-hybridized carbons (Fsp3) is 0.238. The molecule has 3 aromatic rings. The van der Waals surface area contributed by atoms with Crippen LogP contribution in [0.5, 0.6) is 5.75 Å². The molecule has 0 aliphatic rings. The second-order valence-electron chi connectivity index (χ2n) is 6.37. The number of rotatable bonds is 7. The van der Waals surface area contributed by atoms with Crippen LogP contribution in [0, 0.1) is 13.8 Å². The van der Waals surface area contributed by atoms with Crippen molar-refractivity contribution in [3.8, 4) is 11.4 Å². The van der Waals surface area contributed by atoms with Crippen LogP contribution in [0.1, 0.15) is 28.8 Å². The molecule has 0 spiro atoms. The number of benzene rings is 2. The second-order valence-corrected chi connectivity index (χ2v) is 6.80. The van der Waals surface area contributed by atoms with Crippen molar-refractivity contribution in [2.24, 2.45) is 0 Å². The van der Waals surface area contributed by atoms with E-state index in [0.29, 0.717) is 18.1 Å². The molecule has 6 heteroatoms. The van der Waals surface area contributed by atoms with E-state index < -0.39 is 5.97 Å². The third-order valence-corrected chi connectivity index (χ3v) is 4.88. The molecule has 0 atom stereocenters. The molecule has 1 heterocycles. The van der Waals surface area contributed by atoms with E-state index in [4.69, 9.17) is 21.4 Å². The largest absolute Gasteiger partial charge is 0.487 e. The highest BCUT2D eigenvalue weighted by atomic mass is 35.5. The fourth-order valence-corrected chi connectivity index (χ4v) is 3.05. The average Bonchev–Trinajstić information content (AvgIpc) is 3.11. The maximum absolute atomic E-state index is 10.8. The third kappa shape index (κ3) is 4.49. The van der Waals surface area contributed by atoms with Gasteiger partial charge >= 0.3 is 5.97 Å². The van der Waals surface area contributed by atoms with E-state index in [-0.39, 0.29) is 6.42 Å². The van der Waals surface area contributed by atoms with Crippen molar-refractivity contribution in [2.45, 2.75) is 33.3 Å². The second kappa shape index (κ2) is 8.27. The lowest BCUT2D eigenvalue weighted by Crippen LogP contribution is -2.07. The molecule has 1 aromatic heterocycles. The normalized spacial score (nSPS) is 10.8. The number of nitrogens with zero attached hydrogens (tertiary/aromatic N) is 2. The predicted molar refractivity (Wildman–Crippen MR) is 105 cm³/mol. The van der Waals surface area contributed by atoms with Gasteiger partial charge in [0.2, 0.25) is 0 Å². The molecule has 0 bridgehead atoms. The number of aryl methyl sites for hydroxylation is 1. The molecular formula is C21H21ClN2O3. The topological polar surface area (TPSA) is 64.3 Å². The standard InChI is InChI=1S/C21H21ClN2O3/c1-14-15(2)20(9-3-16(14)4-10-21(25)26)27-13-19-11-12-23-24(19)18-7-5-17(22)6-8-18/h3,5-9,11-12H,4,10,13H2,1-2H3,(H,25,26). The molecule has 1 N–H and O–H groups in total. The molecule has 0 saturated carbocycles. The molecule has 0 aliphatic carbocycles. The Hall–Kier alpha value is -2.79. The Morgan fingerprint density at radius 2 is 1.85 bits per heavy atom. The lowest BCUT2D eigenvalue weighted by Gasteiger charge is -2.15. The van der Waals surface area contributed by atoms with Crippen molar-refractivity contribution in [3.05, 3.63) is 76.1 Å². The molecule has 0 radical (unpaired) electrons. The van der Waals surface area contributed by atoms with Crippen LogP contribution in [0.3, 0.4) is 0 Å². The van der Waals surface area contributed by atoms with Crippen LogP contribution in [-0.2, 0) is 17.8 Å². The molecule has 2 aromatic carbocycles. The highest BCUT2D eigenvalue weighted by Gasteiger charge is 2.11. The number of aliphatic carboxylic acids is 1. The molecule has 5 nitrogen and oxygen atoms in total. The Morgan fingerprint density at radius 1 is 1.11 bits per heavy atom. The van der Waals surface area contributed by atoms with Gasteiger partial charge in [-0.15, -0.1) is 0 Å². The number of halogens is 1. The molecular weight excluding hydrogens is 364 g/mol. The molecule has 0 fully saturated rings. The predicted octanol–water partition coefficient (Wildman–Crippen LogP) is 4.74. The van der Waals surface area contributed by atoms with E-state index >= 15 is 0 Å². The Morgan fingerprint density at radius 3 is 2.56 bits per heavy atom. The summed E-state index contributed by atoms with van der Waals surface area (Å²) in [4.78, 5) is 10.8. The minimum atomic E-state index is -0.789. The van der Waals surface area contributed by atoms with Crippen molar-refractivity contribution < 1.29 is 14.6 Å². The molecule has 3 rings (SSSR count). The van der Waals surface area contributed by atoms with Gasteiger partial charge in [0, 0.05) is 17.6 Å². The smallest absolute Gasteiger partial charge is 0.303 e. The first-order chi connectivity index (χ1) is 13.0. The number of hydrogen-bond donors (Lipinski definition) is 1. The maximum atomic E-state index is 10.8. The summed E-state index contributed by atoms with van der Waals surface area (Å²) in [5, 5.41) is 13.9. The maximum Gasteiger partial charge on any atom is 0.303 e. The zero-order chi connectivity index (χ0) is 19.4. The van der Waals surface area contributed by atoms with Gasteiger partial charge in [-0.05, 0) is 73.4 Å². The third-order valence-electron chi connectivity index (χ3n) is 4.63. The van der Waals surface area contributed by atoms with E-state index in [1.54, 1.807) is 6.20 Å². The van der Waals surface area contributed by atoms with E-state index in [1.165, 1.54) is 0 Å². The van der Waals surface area contributed by atoms with Gasteiger partial charge in [0.15, 0.2) is 0 Å². The Labute approximate surface area is 163 Å². The van der Waals surface area contributed by atoms with Crippen LogP contribution in [0.15, 0.2) is 48.7 Å². The number of aromatic nitrogens is 2. The molecule has 140 valence electrons. The van der Waals surface area contributed by atoms with Gasteiger partial charge in [0.25, 0.3) is 0 Å². The van der Waals surface area contributed by atoms with Crippen molar-refractivity contribution in [1.82, 2.24) is 9.78 Å². The van der Waals surface area contributed by atoms with Crippen LogP contribution >= 0.6 is 11.6 Å². The molecule has 0 aliphatic heterocycles. The molecule has 27 heavy (non-hydrogen) atoms. The first kappa shape index (κ1) is 19.0. The number of carboxylic acid groups (broad SMARTS) is 1. The van der Waals surface area contributed by atoms with Crippen LogP contribution < -0.4 is 4.74 Å². The summed E-state index contributed by atoms with van der Waals surface area (Å²) in [7, 11) is 0. The summed E-state index contributed by atoms with van der Waals surface area (Å²) in [6.45, 7) is 4.36. The summed E-state index contributed by atoms with van der Waals surface area (Å²) < 4.78 is 7.84. The van der Waals surface area contributed by atoms with Gasteiger partial charge < -0.3 is 9.84 Å². The minimum Gasteiger partial charge on any atom is -0.487 e. The highest BCUT2D eigenvalue weighted by Crippen LogP contribution is 2.26. The Balaban J connectivity index is 1.74. The molecule has 0 amide bonds. The van der Waals surface area contributed by atoms with Crippen LogP contribution in [0.4, 0.5) is 0 Å². The summed E-state index contributed by atoms with van der Waals surface area (Å²) in [5.41, 5.74) is 4.97. The zero-order valence-corrected chi connectivity index (χ0v) is 16.0. The van der Waals surface area contributed by atoms with E-state index in [2.05, 4.69) is 5.10 Å². The quantitative estimate of drug-likeness (QED) is 0.639. The summed E-state index contributed by atoms with van der Waals surface area (Å²) in [5.74, 6) is -0.00160. The first-order valence-electron chi connectivity index (χ1n) is 8.68. The first-order valence-corrected chi connectivity index (χ1v) is 9.06. The highest BCUT2D eigenvalue weighted by molar-refractivity contribution is 6.30. The van der Waals surface area contributed by atoms with E-state index in [9.17, 15) is 4.79 Å². The van der Waals surface area contributed by atoms with Gasteiger partial charge in [-0.3, -0.25) is 4.79 Å². The van der Waals surface area contributed by atoms with Crippen molar-refractivity contribution in [3.63, 3.8) is 0 Å². The lowest BCUT2D eigenvalue weighted by molar-refractivity contribution is -0.136. The SMILES string of the molecule is Cc1c(CCC(=O)O)ccc(OCc2ccnn2-c2ccc(Cl)cc2)c1C. The number of carbonyl (C=O) groups is 1. The number of ether oxygens (including phenoxy) is 1. The summed E-state index contributed by atoms with van der Waals surface area (Å²) in [6.07, 6.45) is 2.38. The monoisotopic (exact) mass is 384 g/mol. The summed E-state index contributed by atoms with van der Waals surface area (Å²) in [6, 6.07) is 13.2. The molecule has 0 unspecified atom stereocenters. The summed E-state index contributed by atoms with van der Waals surface area (Å²) >= 11 is 5.95. The Bertz CT molecular complexity index is 949. The number of hydrogen-bond acceptors (Lipinski definition) is 3. The van der Waals surface area contributed by atoms with Crippen molar-refractivity contribution in [2.75, 3.05) is 0 Å². The number of carboxylic acids is 1. The van der Waals surface area contributed by atoms with Crippen LogP contribution in [0.2, 0.25) is 5.02 Å². The van der Waals surface area contributed by atoms with E-state index in [1.807, 2.05) is 61.0 Å². The van der Waals surface area contributed by atoms with E-state index in [0.717, 1.165) is 33.8 Å². The zero-order valence-electron chi connectivity index (χ0n) is 15.3. The van der Waals surface area contributed by atoms with Gasteiger partial charge in [0.05, 0.1) is 11.4 Å². The minimum absolute atomic E-state index is 0.126. The Kier molecular flexibility index (Phi) is 5.81. The van der Waals surface area contributed by atoms with Crippen LogP contribution in [0.25, 0.3) is 5.69 Å². The van der Waals surface area contributed by atoms with Crippen molar-refractivity contribution >= 4 is 17.6 Å². The van der Waals surface area contributed by atoms with Gasteiger partial charge in [0.1, 0.15) is 12.4 Å². The average molecular weight is 385 g/mol.